The van der Waals surface area contributed by atoms with Crippen LogP contribution in [-0.2, 0) is 0 Å². The zero-order valence-corrected chi connectivity index (χ0v) is 12.1. The van der Waals surface area contributed by atoms with Crippen LogP contribution in [0.3, 0.4) is 0 Å². The average molecular weight is 388 g/mol. The second kappa shape index (κ2) is 5.79. The minimum Gasteiger partial charge on any atom is -0.478 e. The van der Waals surface area contributed by atoms with Gasteiger partial charge in [0.15, 0.2) is 5.82 Å². The van der Waals surface area contributed by atoms with Gasteiger partial charge in [-0.2, -0.15) is 0 Å². The number of aromatic carboxylic acids is 1. The van der Waals surface area contributed by atoms with Gasteiger partial charge >= 0.3 is 5.97 Å². The second-order valence-corrected chi connectivity index (χ2v) is 4.90. The van der Waals surface area contributed by atoms with Gasteiger partial charge in [0, 0.05) is 4.47 Å². The van der Waals surface area contributed by atoms with Crippen LogP contribution in [0.2, 0.25) is 0 Å². The van der Waals surface area contributed by atoms with Crippen molar-refractivity contribution in [3.8, 4) is 0 Å². The minimum absolute atomic E-state index is 0.00316. The fourth-order valence-electron chi connectivity index (χ4n) is 1.06. The van der Waals surface area contributed by atoms with E-state index in [1.807, 2.05) is 0 Å². The van der Waals surface area contributed by atoms with Crippen LogP contribution in [0.25, 0.3) is 0 Å². The van der Waals surface area contributed by atoms with Crippen molar-refractivity contribution in [3.05, 3.63) is 26.4 Å². The summed E-state index contributed by atoms with van der Waals surface area (Å²) in [7, 11) is 0. The molecular formula is C9H6Br2ClFN2O2. The third-order valence-corrected chi connectivity index (χ3v) is 3.21. The summed E-state index contributed by atoms with van der Waals surface area (Å²) in [4.78, 5) is 14.8. The average Bonchev–Trinajstić information content (AvgIpc) is 2.25. The van der Waals surface area contributed by atoms with E-state index in [9.17, 15) is 9.18 Å². The Bertz CT molecular complexity index is 508. The molecule has 0 amide bonds. The Hall–Kier alpha value is -0.660. The van der Waals surface area contributed by atoms with Crippen LogP contribution < -0.4 is 5.73 Å². The number of nitrogens with two attached hydrogens (primary N) is 1. The van der Waals surface area contributed by atoms with Gasteiger partial charge in [0.2, 0.25) is 0 Å². The van der Waals surface area contributed by atoms with E-state index >= 15 is 0 Å². The van der Waals surface area contributed by atoms with Gasteiger partial charge in [-0.1, -0.05) is 0 Å². The van der Waals surface area contributed by atoms with E-state index < -0.39 is 17.3 Å². The van der Waals surface area contributed by atoms with Crippen LogP contribution in [0, 0.1) is 5.82 Å². The lowest BCUT2D eigenvalue weighted by atomic mass is 10.1. The fourth-order valence-corrected chi connectivity index (χ4v) is 2.37. The van der Waals surface area contributed by atoms with E-state index in [1.54, 1.807) is 0 Å². The van der Waals surface area contributed by atoms with Crippen LogP contribution >= 0.6 is 43.5 Å². The Morgan fingerprint density at radius 3 is 2.59 bits per heavy atom. The van der Waals surface area contributed by atoms with E-state index in [-0.39, 0.29) is 21.9 Å². The van der Waals surface area contributed by atoms with E-state index in [4.69, 9.17) is 22.4 Å². The SMILES string of the molecule is NC(CCl)=Nc1c(Br)cc(Br)c(F)c1C(=O)O. The number of carbonyl (C=O) groups is 1. The van der Waals surface area contributed by atoms with Crippen molar-refractivity contribution < 1.29 is 14.3 Å². The molecule has 0 aliphatic rings. The Labute approximate surface area is 118 Å². The summed E-state index contributed by atoms with van der Waals surface area (Å²) in [5.74, 6) is -2.44. The third kappa shape index (κ3) is 3.17. The molecule has 0 spiro atoms. The van der Waals surface area contributed by atoms with Gasteiger partial charge in [0.05, 0.1) is 16.0 Å². The smallest absolute Gasteiger partial charge is 0.341 e. The van der Waals surface area contributed by atoms with Crippen molar-refractivity contribution in [3.63, 3.8) is 0 Å². The number of benzene rings is 1. The maximum Gasteiger partial charge on any atom is 0.341 e. The highest BCUT2D eigenvalue weighted by atomic mass is 79.9. The largest absolute Gasteiger partial charge is 0.478 e. The quantitative estimate of drug-likeness (QED) is 0.361. The molecule has 17 heavy (non-hydrogen) atoms. The molecule has 0 radical (unpaired) electrons. The zero-order valence-electron chi connectivity index (χ0n) is 8.18. The summed E-state index contributed by atoms with van der Waals surface area (Å²) in [6.45, 7) is 0. The lowest BCUT2D eigenvalue weighted by Crippen LogP contribution is -2.13. The molecule has 0 bridgehead atoms. The number of aliphatic imine (C=N–C) groups is 1. The summed E-state index contributed by atoms with van der Waals surface area (Å²) in [5, 5.41) is 8.96. The normalized spacial score (nSPS) is 11.6. The van der Waals surface area contributed by atoms with Gasteiger partial charge in [0.25, 0.3) is 0 Å². The Balaban J connectivity index is 3.58. The van der Waals surface area contributed by atoms with Crippen LogP contribution in [-0.4, -0.2) is 22.8 Å². The summed E-state index contributed by atoms with van der Waals surface area (Å²) in [6.07, 6.45) is 0. The molecule has 1 aromatic rings. The number of carboxylic acid groups (broad SMARTS) is 1. The molecule has 1 rings (SSSR count). The highest BCUT2D eigenvalue weighted by Gasteiger charge is 2.21. The van der Waals surface area contributed by atoms with Crippen molar-refractivity contribution in [1.29, 1.82) is 0 Å². The summed E-state index contributed by atoms with van der Waals surface area (Å²) in [5.41, 5.74) is 4.73. The number of hydrogen-bond donors (Lipinski definition) is 2. The van der Waals surface area contributed by atoms with Crippen LogP contribution in [0.15, 0.2) is 20.0 Å². The molecule has 0 fully saturated rings. The van der Waals surface area contributed by atoms with Crippen molar-refractivity contribution in [2.24, 2.45) is 10.7 Å². The van der Waals surface area contributed by atoms with Gasteiger partial charge in [-0.25, -0.2) is 14.2 Å². The number of alkyl halides is 1. The Morgan fingerprint density at radius 2 is 2.12 bits per heavy atom. The lowest BCUT2D eigenvalue weighted by molar-refractivity contribution is 0.0692. The van der Waals surface area contributed by atoms with Gasteiger partial charge < -0.3 is 10.8 Å². The lowest BCUT2D eigenvalue weighted by Gasteiger charge is -2.07. The van der Waals surface area contributed by atoms with Gasteiger partial charge in [0.1, 0.15) is 11.4 Å². The van der Waals surface area contributed by atoms with Crippen LogP contribution in [0.1, 0.15) is 10.4 Å². The molecule has 1 aromatic carbocycles. The summed E-state index contributed by atoms with van der Waals surface area (Å²) < 4.78 is 14.0. The summed E-state index contributed by atoms with van der Waals surface area (Å²) in [6, 6.07) is 1.35. The second-order valence-electron chi connectivity index (χ2n) is 2.92. The Morgan fingerprint density at radius 1 is 1.53 bits per heavy atom. The first-order valence-electron chi connectivity index (χ1n) is 4.18. The van der Waals surface area contributed by atoms with E-state index in [0.29, 0.717) is 4.47 Å². The molecular weight excluding hydrogens is 382 g/mol. The van der Waals surface area contributed by atoms with Gasteiger partial charge in [-0.3, -0.25) is 0 Å². The minimum atomic E-state index is -1.44. The van der Waals surface area contributed by atoms with Gasteiger partial charge in [-0.05, 0) is 37.9 Å². The molecule has 3 N–H and O–H groups in total. The van der Waals surface area contributed by atoms with E-state index in [0.717, 1.165) is 0 Å². The van der Waals surface area contributed by atoms with Crippen molar-refractivity contribution in [2.45, 2.75) is 0 Å². The first kappa shape index (κ1) is 14.4. The fraction of sp³-hybridized carbons (Fsp3) is 0.111. The summed E-state index contributed by atoms with van der Waals surface area (Å²) >= 11 is 11.4. The number of amidine groups is 1. The van der Waals surface area contributed by atoms with Crippen molar-refractivity contribution in [2.75, 3.05) is 5.88 Å². The predicted molar refractivity (Wildman–Crippen MR) is 70.8 cm³/mol. The monoisotopic (exact) mass is 386 g/mol. The molecule has 0 aliphatic carbocycles. The number of hydrogen-bond acceptors (Lipinski definition) is 2. The third-order valence-electron chi connectivity index (χ3n) is 1.75. The number of halogens is 4. The van der Waals surface area contributed by atoms with Crippen molar-refractivity contribution in [1.82, 2.24) is 0 Å². The number of carboxylic acids is 1. The molecule has 0 saturated heterocycles. The van der Waals surface area contributed by atoms with E-state index in [1.165, 1.54) is 6.07 Å². The molecule has 0 saturated carbocycles. The number of nitrogens with zero attached hydrogens (tertiary/aromatic N) is 1. The maximum absolute atomic E-state index is 13.7. The zero-order chi connectivity index (χ0) is 13.2. The van der Waals surface area contributed by atoms with Crippen LogP contribution in [0.4, 0.5) is 10.1 Å². The predicted octanol–water partition coefficient (Wildman–Crippen LogP) is 3.28. The number of rotatable bonds is 3. The molecule has 0 heterocycles. The maximum atomic E-state index is 13.7. The van der Waals surface area contributed by atoms with E-state index in [2.05, 4.69) is 36.9 Å². The topological polar surface area (TPSA) is 75.7 Å². The Kier molecular flexibility index (Phi) is 4.91. The molecule has 0 atom stereocenters. The van der Waals surface area contributed by atoms with Crippen molar-refractivity contribution >= 4 is 61.0 Å². The molecule has 4 nitrogen and oxygen atoms in total. The molecule has 0 aromatic heterocycles. The first-order valence-corrected chi connectivity index (χ1v) is 6.30. The highest BCUT2D eigenvalue weighted by Crippen LogP contribution is 2.35. The molecule has 0 aliphatic heterocycles. The van der Waals surface area contributed by atoms with Crippen LogP contribution in [0.5, 0.6) is 0 Å². The molecule has 0 unspecified atom stereocenters. The first-order chi connectivity index (χ1) is 7.88. The molecule has 8 heteroatoms. The standard InChI is InChI=1S/C9H6Br2ClFN2O2/c10-3-1-4(11)8(15-5(14)2-12)6(7(3)13)9(16)17/h1H,2H2,(H2,14,15)(H,16,17). The highest BCUT2D eigenvalue weighted by molar-refractivity contribution is 9.11. The molecule has 92 valence electrons. The van der Waals surface area contributed by atoms with Gasteiger partial charge in [-0.15, -0.1) is 11.6 Å².